The monoisotopic (exact) mass is 440 g/mol. The van der Waals surface area contributed by atoms with E-state index in [2.05, 4.69) is 10.0 Å². The summed E-state index contributed by atoms with van der Waals surface area (Å²) >= 11 is 5.84. The van der Waals surface area contributed by atoms with Gasteiger partial charge in [0, 0.05) is 16.8 Å². The number of sulfonamides is 1. The van der Waals surface area contributed by atoms with E-state index in [1.54, 1.807) is 38.1 Å². The second kappa shape index (κ2) is 9.73. The van der Waals surface area contributed by atoms with Crippen molar-refractivity contribution in [3.05, 3.63) is 53.1 Å². The minimum absolute atomic E-state index is 0.0366. The van der Waals surface area contributed by atoms with Gasteiger partial charge in [-0.3, -0.25) is 4.79 Å². The molecule has 2 aromatic rings. The molecule has 2 rings (SSSR count). The zero-order chi connectivity index (χ0) is 21.6. The molecule has 0 radical (unpaired) electrons. The Labute approximate surface area is 174 Å². The van der Waals surface area contributed by atoms with E-state index in [0.29, 0.717) is 10.7 Å². The lowest BCUT2D eigenvalue weighted by Crippen LogP contribution is -2.30. The van der Waals surface area contributed by atoms with Crippen LogP contribution in [0.2, 0.25) is 5.02 Å². The molecule has 2 aromatic carbocycles. The van der Waals surface area contributed by atoms with Crippen molar-refractivity contribution in [2.75, 3.05) is 19.0 Å². The van der Waals surface area contributed by atoms with Gasteiger partial charge in [0.05, 0.1) is 12.7 Å². The number of rotatable bonds is 8. The minimum Gasteiger partial charge on any atom is -0.495 e. The van der Waals surface area contributed by atoms with Crippen LogP contribution in [-0.2, 0) is 19.6 Å². The summed E-state index contributed by atoms with van der Waals surface area (Å²) in [5, 5.41) is 2.98. The number of hydrogen-bond acceptors (Lipinski definition) is 6. The summed E-state index contributed by atoms with van der Waals surface area (Å²) in [5.74, 6) is -1.34. The maximum atomic E-state index is 12.5. The van der Waals surface area contributed by atoms with Gasteiger partial charge in [0.1, 0.15) is 10.6 Å². The highest BCUT2D eigenvalue weighted by atomic mass is 35.5. The summed E-state index contributed by atoms with van der Waals surface area (Å²) in [4.78, 5) is 24.0. The maximum Gasteiger partial charge on any atom is 0.338 e. The number of nitrogens with one attached hydrogen (secondary N) is 2. The Kier molecular flexibility index (Phi) is 7.60. The van der Waals surface area contributed by atoms with E-state index < -0.39 is 28.5 Å². The highest BCUT2D eigenvalue weighted by molar-refractivity contribution is 7.89. The molecule has 8 nitrogen and oxygen atoms in total. The van der Waals surface area contributed by atoms with Crippen LogP contribution in [0.5, 0.6) is 5.75 Å². The van der Waals surface area contributed by atoms with Gasteiger partial charge in [-0.25, -0.2) is 17.9 Å². The first-order valence-corrected chi connectivity index (χ1v) is 10.4. The van der Waals surface area contributed by atoms with E-state index >= 15 is 0 Å². The quantitative estimate of drug-likeness (QED) is 0.610. The van der Waals surface area contributed by atoms with Crippen LogP contribution in [0.4, 0.5) is 5.69 Å². The molecule has 0 atom stereocenters. The van der Waals surface area contributed by atoms with Crippen LogP contribution in [0, 0.1) is 0 Å². The average molecular weight is 441 g/mol. The first kappa shape index (κ1) is 22.7. The van der Waals surface area contributed by atoms with Gasteiger partial charge in [0.25, 0.3) is 5.91 Å². The second-order valence-electron chi connectivity index (χ2n) is 6.28. The molecule has 10 heteroatoms. The Hall–Kier alpha value is -2.62. The fourth-order valence-corrected chi connectivity index (χ4v) is 4.00. The molecule has 0 fully saturated rings. The molecular formula is C19H21ClN2O6S. The van der Waals surface area contributed by atoms with Crippen molar-refractivity contribution in [1.82, 2.24) is 4.72 Å². The topological polar surface area (TPSA) is 111 Å². The number of halogens is 1. The Bertz CT molecular complexity index is 1010. The average Bonchev–Trinajstić information content (AvgIpc) is 2.64. The van der Waals surface area contributed by atoms with Gasteiger partial charge in [-0.2, -0.15) is 0 Å². The summed E-state index contributed by atoms with van der Waals surface area (Å²) in [5.41, 5.74) is 0.418. The Morgan fingerprint density at radius 1 is 1.14 bits per heavy atom. The van der Waals surface area contributed by atoms with Gasteiger partial charge >= 0.3 is 5.97 Å². The Morgan fingerprint density at radius 2 is 1.86 bits per heavy atom. The molecular weight excluding hydrogens is 420 g/mol. The van der Waals surface area contributed by atoms with Crippen molar-refractivity contribution >= 4 is 39.2 Å². The van der Waals surface area contributed by atoms with E-state index in [0.717, 1.165) is 6.07 Å². The first-order valence-electron chi connectivity index (χ1n) is 8.55. The van der Waals surface area contributed by atoms with E-state index in [1.807, 2.05) is 0 Å². The molecule has 0 spiro atoms. The van der Waals surface area contributed by atoms with Crippen molar-refractivity contribution in [3.63, 3.8) is 0 Å². The van der Waals surface area contributed by atoms with E-state index in [4.69, 9.17) is 21.1 Å². The number of methoxy groups -OCH3 is 1. The van der Waals surface area contributed by atoms with Gasteiger partial charge in [-0.15, -0.1) is 0 Å². The maximum absolute atomic E-state index is 12.5. The fourth-order valence-electron chi connectivity index (χ4n) is 2.37. The second-order valence-corrected chi connectivity index (χ2v) is 8.40. The molecule has 156 valence electrons. The zero-order valence-electron chi connectivity index (χ0n) is 16.1. The van der Waals surface area contributed by atoms with Crippen LogP contribution in [0.15, 0.2) is 47.4 Å². The molecule has 1 amide bonds. The normalized spacial score (nSPS) is 11.2. The Morgan fingerprint density at radius 3 is 2.48 bits per heavy atom. The predicted molar refractivity (Wildman–Crippen MR) is 109 cm³/mol. The van der Waals surface area contributed by atoms with Crippen LogP contribution in [0.3, 0.4) is 0 Å². The SMILES string of the molecule is COc1ccc(C(=O)OCC(=O)Nc2cccc(Cl)c2)cc1S(=O)(=O)NC(C)C. The molecule has 0 aromatic heterocycles. The first-order chi connectivity index (χ1) is 13.6. The van der Waals surface area contributed by atoms with Gasteiger partial charge in [-0.1, -0.05) is 17.7 Å². The minimum atomic E-state index is -3.91. The summed E-state index contributed by atoms with van der Waals surface area (Å²) < 4.78 is 37.4. The largest absolute Gasteiger partial charge is 0.495 e. The van der Waals surface area contributed by atoms with Crippen molar-refractivity contribution in [3.8, 4) is 5.75 Å². The van der Waals surface area contributed by atoms with Gasteiger partial charge in [-0.05, 0) is 50.2 Å². The van der Waals surface area contributed by atoms with Gasteiger partial charge in [0.2, 0.25) is 10.0 Å². The van der Waals surface area contributed by atoms with Crippen LogP contribution < -0.4 is 14.8 Å². The number of hydrogen-bond donors (Lipinski definition) is 2. The molecule has 0 unspecified atom stereocenters. The van der Waals surface area contributed by atoms with Crippen LogP contribution in [0.25, 0.3) is 0 Å². The molecule has 2 N–H and O–H groups in total. The number of anilines is 1. The third-order valence-corrected chi connectivity index (χ3v) is 5.44. The van der Waals surface area contributed by atoms with Gasteiger partial charge in [0.15, 0.2) is 6.61 Å². The molecule has 0 aliphatic carbocycles. The van der Waals surface area contributed by atoms with E-state index in [-0.39, 0.29) is 22.3 Å². The number of carbonyl (C=O) groups excluding carboxylic acids is 2. The third kappa shape index (κ3) is 6.45. The lowest BCUT2D eigenvalue weighted by Gasteiger charge is -2.14. The number of ether oxygens (including phenoxy) is 2. The molecule has 0 saturated heterocycles. The highest BCUT2D eigenvalue weighted by Crippen LogP contribution is 2.25. The lowest BCUT2D eigenvalue weighted by atomic mass is 10.2. The van der Waals surface area contributed by atoms with E-state index in [9.17, 15) is 18.0 Å². The van der Waals surface area contributed by atoms with Crippen LogP contribution >= 0.6 is 11.6 Å². The highest BCUT2D eigenvalue weighted by Gasteiger charge is 2.23. The molecule has 29 heavy (non-hydrogen) atoms. The number of benzene rings is 2. The smallest absolute Gasteiger partial charge is 0.338 e. The molecule has 0 saturated carbocycles. The zero-order valence-corrected chi connectivity index (χ0v) is 17.6. The van der Waals surface area contributed by atoms with Crippen LogP contribution in [0.1, 0.15) is 24.2 Å². The number of carbonyl (C=O) groups is 2. The third-order valence-electron chi connectivity index (χ3n) is 3.52. The molecule has 0 heterocycles. The van der Waals surface area contributed by atoms with Crippen LogP contribution in [-0.4, -0.2) is 40.1 Å². The Balaban J connectivity index is 2.10. The van der Waals surface area contributed by atoms with Gasteiger partial charge < -0.3 is 14.8 Å². The van der Waals surface area contributed by atoms with Crippen molar-refractivity contribution in [2.24, 2.45) is 0 Å². The lowest BCUT2D eigenvalue weighted by molar-refractivity contribution is -0.119. The molecule has 0 aliphatic rings. The van der Waals surface area contributed by atoms with E-state index in [1.165, 1.54) is 19.2 Å². The fraction of sp³-hybridized carbons (Fsp3) is 0.263. The number of esters is 1. The van der Waals surface area contributed by atoms with Crippen molar-refractivity contribution < 1.29 is 27.5 Å². The summed E-state index contributed by atoms with van der Waals surface area (Å²) in [7, 11) is -2.59. The number of amides is 1. The summed E-state index contributed by atoms with van der Waals surface area (Å²) in [6, 6.07) is 9.98. The molecule has 0 aliphatic heterocycles. The molecule has 0 bridgehead atoms. The van der Waals surface area contributed by atoms with Crippen molar-refractivity contribution in [2.45, 2.75) is 24.8 Å². The summed E-state index contributed by atoms with van der Waals surface area (Å²) in [6.45, 7) is 2.78. The predicted octanol–water partition coefficient (Wildman–Crippen LogP) is 2.83. The standard InChI is InChI=1S/C19H21ClN2O6S/c1-12(2)22-29(25,26)17-9-13(7-8-16(17)27-3)19(24)28-11-18(23)21-15-6-4-5-14(20)10-15/h4-10,12,22H,11H2,1-3H3,(H,21,23). The van der Waals surface area contributed by atoms with Crippen molar-refractivity contribution in [1.29, 1.82) is 0 Å². The summed E-state index contributed by atoms with van der Waals surface area (Å²) in [6.07, 6.45) is 0.